The van der Waals surface area contributed by atoms with Crippen LogP contribution in [0, 0.1) is 0 Å². The third-order valence-corrected chi connectivity index (χ3v) is 4.62. The fraction of sp³-hybridized carbons (Fsp3) is 0.579. The highest BCUT2D eigenvalue weighted by Gasteiger charge is 2.37. The molecule has 132 valence electrons. The van der Waals surface area contributed by atoms with Crippen molar-refractivity contribution in [2.45, 2.75) is 57.4 Å². The Kier molecular flexibility index (Phi) is 6.64. The number of methoxy groups -OCH3 is 1. The van der Waals surface area contributed by atoms with Gasteiger partial charge in [0.15, 0.2) is 0 Å². The lowest BCUT2D eigenvalue weighted by atomic mass is 9.85. The largest absolute Gasteiger partial charge is 0.497 e. The second-order valence-electron chi connectivity index (χ2n) is 6.56. The summed E-state index contributed by atoms with van der Waals surface area (Å²) in [6.45, 7) is 2.83. The molecule has 2 N–H and O–H groups in total. The molecule has 0 aliphatic carbocycles. The zero-order valence-electron chi connectivity index (χ0n) is 14.7. The first-order valence-corrected chi connectivity index (χ1v) is 8.77. The summed E-state index contributed by atoms with van der Waals surface area (Å²) in [5, 5.41) is 6.06. The van der Waals surface area contributed by atoms with E-state index in [2.05, 4.69) is 17.6 Å². The van der Waals surface area contributed by atoms with Crippen LogP contribution < -0.4 is 15.4 Å². The van der Waals surface area contributed by atoms with Crippen molar-refractivity contribution in [1.29, 1.82) is 0 Å². The number of benzene rings is 1. The molecule has 1 aromatic carbocycles. The van der Waals surface area contributed by atoms with E-state index in [4.69, 9.17) is 4.74 Å². The van der Waals surface area contributed by atoms with E-state index in [1.165, 1.54) is 0 Å². The summed E-state index contributed by atoms with van der Waals surface area (Å²) in [7, 11) is 1.64. The predicted molar refractivity (Wildman–Crippen MR) is 94.0 cm³/mol. The van der Waals surface area contributed by atoms with Gasteiger partial charge < -0.3 is 15.4 Å². The maximum atomic E-state index is 12.0. The normalized spacial score (nSPS) is 19.8. The van der Waals surface area contributed by atoms with E-state index in [9.17, 15) is 9.59 Å². The Morgan fingerprint density at radius 1 is 1.33 bits per heavy atom. The van der Waals surface area contributed by atoms with Crippen LogP contribution in [0.2, 0.25) is 0 Å². The number of carbonyl (C=O) groups excluding carboxylic acids is 2. The van der Waals surface area contributed by atoms with Gasteiger partial charge in [-0.25, -0.2) is 0 Å². The second kappa shape index (κ2) is 8.71. The van der Waals surface area contributed by atoms with Gasteiger partial charge in [0.05, 0.1) is 7.11 Å². The number of carbonyl (C=O) groups is 2. The number of unbranched alkanes of at least 4 members (excludes halogenated alkanes) is 1. The lowest BCUT2D eigenvalue weighted by molar-refractivity contribution is -0.122. The molecule has 1 aliphatic heterocycles. The highest BCUT2D eigenvalue weighted by Crippen LogP contribution is 2.30. The van der Waals surface area contributed by atoms with Gasteiger partial charge in [-0.2, -0.15) is 0 Å². The van der Waals surface area contributed by atoms with E-state index in [0.717, 1.165) is 43.5 Å². The van der Waals surface area contributed by atoms with Crippen molar-refractivity contribution in [3.8, 4) is 5.75 Å². The van der Waals surface area contributed by atoms with E-state index in [-0.39, 0.29) is 17.4 Å². The Labute approximate surface area is 144 Å². The minimum atomic E-state index is -0.312. The molecule has 1 aliphatic rings. The molecule has 1 atom stereocenters. The van der Waals surface area contributed by atoms with E-state index in [1.54, 1.807) is 7.11 Å². The van der Waals surface area contributed by atoms with E-state index < -0.39 is 0 Å². The number of amides is 2. The van der Waals surface area contributed by atoms with Crippen LogP contribution in [0.4, 0.5) is 0 Å². The van der Waals surface area contributed by atoms with Gasteiger partial charge in [0.25, 0.3) is 0 Å². The summed E-state index contributed by atoms with van der Waals surface area (Å²) in [5.74, 6) is 0.965. The van der Waals surface area contributed by atoms with Gasteiger partial charge in [-0.3, -0.25) is 9.59 Å². The average Bonchev–Trinajstić information content (AvgIpc) is 2.95. The van der Waals surface area contributed by atoms with Crippen LogP contribution in [0.1, 0.15) is 51.0 Å². The minimum absolute atomic E-state index is 0.0682. The molecule has 0 bridgehead atoms. The summed E-state index contributed by atoms with van der Waals surface area (Å²) in [4.78, 5) is 23.8. The summed E-state index contributed by atoms with van der Waals surface area (Å²) in [6, 6.07) is 7.90. The van der Waals surface area contributed by atoms with Crippen LogP contribution in [-0.2, 0) is 16.0 Å². The Hall–Kier alpha value is -2.04. The zero-order chi connectivity index (χ0) is 17.4. The standard InChI is InChI=1S/C19H28N2O3/c1-3-4-13-20-17(22)9-11-19(12-10-18(23)21-19)14-15-5-7-16(24-2)8-6-15/h5-8H,3-4,9-14H2,1-2H3,(H,20,22)(H,21,23)/t19-/m1/s1. The summed E-state index contributed by atoms with van der Waals surface area (Å²) >= 11 is 0. The molecule has 0 spiro atoms. The Bertz CT molecular complexity index is 556. The van der Waals surface area contributed by atoms with Gasteiger partial charge in [-0.05, 0) is 43.4 Å². The molecule has 0 saturated carbocycles. The molecule has 0 radical (unpaired) electrons. The smallest absolute Gasteiger partial charge is 0.220 e. The van der Waals surface area contributed by atoms with Crippen molar-refractivity contribution < 1.29 is 14.3 Å². The molecule has 24 heavy (non-hydrogen) atoms. The molecular formula is C19H28N2O3. The topological polar surface area (TPSA) is 67.4 Å². The van der Waals surface area contributed by atoms with Gasteiger partial charge in [0.1, 0.15) is 5.75 Å². The molecule has 5 heteroatoms. The molecule has 0 aromatic heterocycles. The van der Waals surface area contributed by atoms with E-state index >= 15 is 0 Å². The van der Waals surface area contributed by atoms with Crippen LogP contribution in [0.5, 0.6) is 5.75 Å². The number of ether oxygens (including phenoxy) is 1. The molecule has 1 saturated heterocycles. The Morgan fingerprint density at radius 3 is 2.67 bits per heavy atom. The molecule has 1 aromatic rings. The lowest BCUT2D eigenvalue weighted by Gasteiger charge is -2.29. The summed E-state index contributed by atoms with van der Waals surface area (Å²) < 4.78 is 5.18. The SMILES string of the molecule is CCCCNC(=O)CC[C@]1(Cc2ccc(OC)cc2)CCC(=O)N1. The monoisotopic (exact) mass is 332 g/mol. The number of hydrogen-bond donors (Lipinski definition) is 2. The third-order valence-electron chi connectivity index (χ3n) is 4.62. The highest BCUT2D eigenvalue weighted by molar-refractivity contribution is 5.80. The summed E-state index contributed by atoms with van der Waals surface area (Å²) in [5.41, 5.74) is 0.831. The van der Waals surface area contributed by atoms with Gasteiger partial charge in [0.2, 0.25) is 11.8 Å². The van der Waals surface area contributed by atoms with Crippen molar-refractivity contribution in [1.82, 2.24) is 10.6 Å². The van der Waals surface area contributed by atoms with Crippen molar-refractivity contribution >= 4 is 11.8 Å². The van der Waals surface area contributed by atoms with Gasteiger partial charge in [0, 0.05) is 24.9 Å². The number of rotatable bonds is 9. The fourth-order valence-electron chi connectivity index (χ4n) is 3.16. The minimum Gasteiger partial charge on any atom is -0.497 e. The predicted octanol–water partition coefficient (Wildman–Crippen LogP) is 2.58. The van der Waals surface area contributed by atoms with Gasteiger partial charge in [-0.1, -0.05) is 25.5 Å². The van der Waals surface area contributed by atoms with Crippen LogP contribution in [-0.4, -0.2) is 31.0 Å². The number of hydrogen-bond acceptors (Lipinski definition) is 3. The molecule has 5 nitrogen and oxygen atoms in total. The first kappa shape index (κ1) is 18.3. The number of nitrogens with one attached hydrogen (secondary N) is 2. The fourth-order valence-corrected chi connectivity index (χ4v) is 3.16. The molecule has 0 unspecified atom stereocenters. The van der Waals surface area contributed by atoms with Crippen LogP contribution >= 0.6 is 0 Å². The van der Waals surface area contributed by atoms with Crippen molar-refractivity contribution in [2.24, 2.45) is 0 Å². The first-order valence-electron chi connectivity index (χ1n) is 8.77. The molecular weight excluding hydrogens is 304 g/mol. The van der Waals surface area contributed by atoms with Crippen molar-refractivity contribution in [3.63, 3.8) is 0 Å². The second-order valence-corrected chi connectivity index (χ2v) is 6.56. The molecule has 2 amide bonds. The molecule has 2 rings (SSSR count). The Morgan fingerprint density at radius 2 is 2.08 bits per heavy atom. The maximum Gasteiger partial charge on any atom is 0.220 e. The molecule has 1 heterocycles. The van der Waals surface area contributed by atoms with Crippen LogP contribution in [0.25, 0.3) is 0 Å². The van der Waals surface area contributed by atoms with Crippen LogP contribution in [0.3, 0.4) is 0 Å². The van der Waals surface area contributed by atoms with Crippen molar-refractivity contribution in [3.05, 3.63) is 29.8 Å². The highest BCUT2D eigenvalue weighted by atomic mass is 16.5. The van der Waals surface area contributed by atoms with Gasteiger partial charge in [-0.15, -0.1) is 0 Å². The zero-order valence-corrected chi connectivity index (χ0v) is 14.7. The maximum absolute atomic E-state index is 12.0. The first-order chi connectivity index (χ1) is 11.6. The summed E-state index contributed by atoms with van der Waals surface area (Å²) in [6.07, 6.45) is 5.23. The molecule has 1 fully saturated rings. The van der Waals surface area contributed by atoms with E-state index in [1.807, 2.05) is 24.3 Å². The Balaban J connectivity index is 1.95. The van der Waals surface area contributed by atoms with Crippen molar-refractivity contribution in [2.75, 3.05) is 13.7 Å². The average molecular weight is 332 g/mol. The quantitative estimate of drug-likeness (QED) is 0.683. The third kappa shape index (κ3) is 5.25. The van der Waals surface area contributed by atoms with E-state index in [0.29, 0.717) is 19.3 Å². The lowest BCUT2D eigenvalue weighted by Crippen LogP contribution is -2.44. The van der Waals surface area contributed by atoms with Gasteiger partial charge >= 0.3 is 0 Å². The van der Waals surface area contributed by atoms with Crippen LogP contribution in [0.15, 0.2) is 24.3 Å².